The van der Waals surface area contributed by atoms with Gasteiger partial charge in [0.25, 0.3) is 5.91 Å². The first kappa shape index (κ1) is 21.3. The number of hydrogen-bond acceptors (Lipinski definition) is 2. The molecule has 1 unspecified atom stereocenters. The van der Waals surface area contributed by atoms with Crippen LogP contribution in [0.15, 0.2) is 29.3 Å². The molecule has 5 heteroatoms. The van der Waals surface area contributed by atoms with E-state index in [2.05, 4.69) is 29.1 Å². The number of rotatable bonds is 7. The van der Waals surface area contributed by atoms with Crippen molar-refractivity contribution in [3.05, 3.63) is 35.4 Å². The van der Waals surface area contributed by atoms with E-state index in [1.54, 1.807) is 0 Å². The monoisotopic (exact) mass is 372 g/mol. The third-order valence-electron chi connectivity index (χ3n) is 5.30. The van der Waals surface area contributed by atoms with Gasteiger partial charge in [-0.2, -0.15) is 0 Å². The summed E-state index contributed by atoms with van der Waals surface area (Å²) in [6.07, 6.45) is 2.54. The first-order chi connectivity index (χ1) is 13.0. The average Bonchev–Trinajstić information content (AvgIpc) is 3.11. The Morgan fingerprint density at radius 1 is 1.26 bits per heavy atom. The van der Waals surface area contributed by atoms with E-state index in [0.29, 0.717) is 0 Å². The number of nitrogens with zero attached hydrogens (tertiary/aromatic N) is 3. The fraction of sp³-hybridized carbons (Fsp3) is 0.636. The predicted molar refractivity (Wildman–Crippen MR) is 113 cm³/mol. The Labute approximate surface area is 164 Å². The molecule has 1 aliphatic heterocycles. The van der Waals surface area contributed by atoms with Gasteiger partial charge in [-0.3, -0.25) is 9.79 Å². The van der Waals surface area contributed by atoms with Crippen LogP contribution < -0.4 is 5.32 Å². The van der Waals surface area contributed by atoms with Gasteiger partial charge in [0.05, 0.1) is 0 Å². The highest BCUT2D eigenvalue weighted by molar-refractivity contribution is 5.94. The lowest BCUT2D eigenvalue weighted by Gasteiger charge is -2.22. The molecule has 1 atom stereocenters. The van der Waals surface area contributed by atoms with Gasteiger partial charge in [-0.15, -0.1) is 0 Å². The lowest BCUT2D eigenvalue weighted by atomic mass is 9.97. The largest absolute Gasteiger partial charge is 0.352 e. The number of guanidine groups is 1. The molecular formula is C22H36N4O. The number of carbonyl (C=O) groups is 1. The summed E-state index contributed by atoms with van der Waals surface area (Å²) < 4.78 is 0. The molecular weight excluding hydrogens is 336 g/mol. The highest BCUT2D eigenvalue weighted by Crippen LogP contribution is 2.23. The van der Waals surface area contributed by atoms with Crippen LogP contribution in [-0.4, -0.2) is 54.9 Å². The van der Waals surface area contributed by atoms with E-state index in [1.165, 1.54) is 12.8 Å². The fourth-order valence-electron chi connectivity index (χ4n) is 3.86. The van der Waals surface area contributed by atoms with E-state index in [-0.39, 0.29) is 5.91 Å². The molecule has 150 valence electrons. The Kier molecular flexibility index (Phi) is 8.14. The summed E-state index contributed by atoms with van der Waals surface area (Å²) in [6.45, 7) is 13.0. The maximum Gasteiger partial charge on any atom is 0.253 e. The number of carbonyl (C=O) groups excluding carboxylic acids is 1. The molecule has 0 radical (unpaired) electrons. The molecule has 1 aliphatic rings. The van der Waals surface area contributed by atoms with Crippen molar-refractivity contribution >= 4 is 11.9 Å². The van der Waals surface area contributed by atoms with E-state index in [0.717, 1.165) is 61.6 Å². The first-order valence-corrected chi connectivity index (χ1v) is 10.3. The van der Waals surface area contributed by atoms with Gasteiger partial charge in [0, 0.05) is 45.3 Å². The maximum absolute atomic E-state index is 12.4. The quantitative estimate of drug-likeness (QED) is 0.587. The van der Waals surface area contributed by atoms with Crippen molar-refractivity contribution in [2.75, 3.05) is 33.2 Å². The third-order valence-corrected chi connectivity index (χ3v) is 5.30. The molecule has 0 saturated carbocycles. The van der Waals surface area contributed by atoms with Crippen molar-refractivity contribution in [3.8, 4) is 0 Å². The molecule has 5 nitrogen and oxygen atoms in total. The van der Waals surface area contributed by atoms with Crippen LogP contribution >= 0.6 is 0 Å². The zero-order valence-corrected chi connectivity index (χ0v) is 17.7. The Morgan fingerprint density at radius 3 is 2.48 bits per heavy atom. The molecule has 1 saturated heterocycles. The molecule has 0 bridgehead atoms. The highest BCUT2D eigenvalue weighted by Gasteiger charge is 2.25. The second kappa shape index (κ2) is 10.3. The maximum atomic E-state index is 12.4. The summed E-state index contributed by atoms with van der Waals surface area (Å²) in [6, 6.07) is 7.91. The van der Waals surface area contributed by atoms with Crippen molar-refractivity contribution in [3.63, 3.8) is 0 Å². The van der Waals surface area contributed by atoms with E-state index < -0.39 is 0 Å². The van der Waals surface area contributed by atoms with Gasteiger partial charge in [-0.1, -0.05) is 26.0 Å². The molecule has 1 heterocycles. The van der Waals surface area contributed by atoms with Crippen LogP contribution in [0.1, 0.15) is 56.5 Å². The van der Waals surface area contributed by atoms with Gasteiger partial charge < -0.3 is 15.1 Å². The van der Waals surface area contributed by atoms with Crippen molar-refractivity contribution in [1.29, 1.82) is 0 Å². The number of benzene rings is 1. The Hall–Kier alpha value is -2.04. The molecule has 0 aromatic heterocycles. The lowest BCUT2D eigenvalue weighted by molar-refractivity contribution is 0.0773. The normalized spacial score (nSPS) is 17.5. The smallest absolute Gasteiger partial charge is 0.253 e. The van der Waals surface area contributed by atoms with Gasteiger partial charge in [0.1, 0.15) is 0 Å². The number of hydrogen-bond donors (Lipinski definition) is 1. The van der Waals surface area contributed by atoms with Crippen molar-refractivity contribution < 1.29 is 4.79 Å². The van der Waals surface area contributed by atoms with Gasteiger partial charge in [0.2, 0.25) is 0 Å². The average molecular weight is 373 g/mol. The fourth-order valence-corrected chi connectivity index (χ4v) is 3.86. The lowest BCUT2D eigenvalue weighted by Crippen LogP contribution is -2.39. The molecule has 27 heavy (non-hydrogen) atoms. The number of amides is 1. The van der Waals surface area contributed by atoms with Crippen LogP contribution in [0.5, 0.6) is 0 Å². The zero-order chi connectivity index (χ0) is 19.8. The van der Waals surface area contributed by atoms with E-state index in [1.807, 2.05) is 50.1 Å². The molecule has 1 aromatic rings. The van der Waals surface area contributed by atoms with Gasteiger partial charge in [-0.05, 0) is 56.2 Å². The molecule has 1 N–H and O–H groups in total. The topological polar surface area (TPSA) is 47.9 Å². The summed E-state index contributed by atoms with van der Waals surface area (Å²) in [5.74, 6) is 2.60. The Bertz CT molecular complexity index is 620. The van der Waals surface area contributed by atoms with Crippen LogP contribution in [0.3, 0.4) is 0 Å². The minimum atomic E-state index is 0.101. The van der Waals surface area contributed by atoms with Crippen LogP contribution in [-0.2, 0) is 6.54 Å². The summed E-state index contributed by atoms with van der Waals surface area (Å²) >= 11 is 0. The van der Waals surface area contributed by atoms with Gasteiger partial charge >= 0.3 is 0 Å². The SMILES string of the molecule is CCN(CC)C(=O)c1ccc(CNC(=NC)N2CCC(CC(C)C)C2)cc1. The van der Waals surface area contributed by atoms with Crippen molar-refractivity contribution in [1.82, 2.24) is 15.1 Å². The number of likely N-dealkylation sites (tertiary alicyclic amines) is 1. The summed E-state index contributed by atoms with van der Waals surface area (Å²) in [4.78, 5) is 21.1. The molecule has 0 aliphatic carbocycles. The second-order valence-electron chi connectivity index (χ2n) is 7.81. The second-order valence-corrected chi connectivity index (χ2v) is 7.81. The first-order valence-electron chi connectivity index (χ1n) is 10.3. The van der Waals surface area contributed by atoms with Crippen LogP contribution in [0.4, 0.5) is 0 Å². The van der Waals surface area contributed by atoms with E-state index in [9.17, 15) is 4.79 Å². The van der Waals surface area contributed by atoms with E-state index in [4.69, 9.17) is 0 Å². The summed E-state index contributed by atoms with van der Waals surface area (Å²) in [7, 11) is 1.85. The molecule has 1 aromatic carbocycles. The van der Waals surface area contributed by atoms with Crippen LogP contribution in [0, 0.1) is 11.8 Å². The van der Waals surface area contributed by atoms with E-state index >= 15 is 0 Å². The molecule has 0 spiro atoms. The van der Waals surface area contributed by atoms with Gasteiger partial charge in [-0.25, -0.2) is 0 Å². The minimum Gasteiger partial charge on any atom is -0.352 e. The minimum absolute atomic E-state index is 0.101. The van der Waals surface area contributed by atoms with Crippen molar-refractivity contribution in [2.45, 2.75) is 47.1 Å². The van der Waals surface area contributed by atoms with Crippen LogP contribution in [0.2, 0.25) is 0 Å². The molecule has 2 rings (SSSR count). The molecule has 1 amide bonds. The number of nitrogens with one attached hydrogen (secondary N) is 1. The highest BCUT2D eigenvalue weighted by atomic mass is 16.2. The summed E-state index contributed by atoms with van der Waals surface area (Å²) in [5.41, 5.74) is 1.91. The third kappa shape index (κ3) is 5.98. The number of aliphatic imine (C=N–C) groups is 1. The Morgan fingerprint density at radius 2 is 1.93 bits per heavy atom. The predicted octanol–water partition coefficient (Wildman–Crippen LogP) is 3.61. The van der Waals surface area contributed by atoms with Gasteiger partial charge in [0.15, 0.2) is 5.96 Å². The summed E-state index contributed by atoms with van der Waals surface area (Å²) in [5, 5.41) is 3.48. The Balaban J connectivity index is 1.89. The van der Waals surface area contributed by atoms with Crippen molar-refractivity contribution in [2.24, 2.45) is 16.8 Å². The molecule has 1 fully saturated rings. The zero-order valence-electron chi connectivity index (χ0n) is 17.7. The van der Waals surface area contributed by atoms with Crippen LogP contribution in [0.25, 0.3) is 0 Å². The standard InChI is InChI=1S/C22H36N4O/c1-6-25(7-2)21(27)20-10-8-18(9-11-20)15-24-22(23-5)26-13-12-19(16-26)14-17(3)4/h8-11,17,19H,6-7,12-16H2,1-5H3,(H,23,24).